The predicted molar refractivity (Wildman–Crippen MR) is 63.3 cm³/mol. The van der Waals surface area contributed by atoms with E-state index in [0.717, 1.165) is 12.4 Å². The van der Waals surface area contributed by atoms with Crippen molar-refractivity contribution in [3.05, 3.63) is 30.4 Å². The van der Waals surface area contributed by atoms with Gasteiger partial charge < -0.3 is 14.6 Å². The SMILES string of the molecule is CCOc1cc([CH]O)cc(OCC(C)C)c1. The normalized spacial score (nSPS) is 10.6. The molecule has 1 aromatic rings. The number of aliphatic hydroxyl groups is 1. The van der Waals surface area contributed by atoms with Gasteiger partial charge in [0.25, 0.3) is 0 Å². The molecule has 89 valence electrons. The predicted octanol–water partition coefficient (Wildman–Crippen LogP) is 3.00. The Morgan fingerprint density at radius 3 is 2.31 bits per heavy atom. The van der Waals surface area contributed by atoms with E-state index in [1.165, 1.54) is 0 Å². The van der Waals surface area contributed by atoms with E-state index in [-0.39, 0.29) is 0 Å². The Balaban J connectivity index is 2.77. The zero-order chi connectivity index (χ0) is 12.0. The summed E-state index contributed by atoms with van der Waals surface area (Å²) in [5.74, 6) is 1.90. The van der Waals surface area contributed by atoms with E-state index >= 15 is 0 Å². The molecule has 0 atom stereocenters. The first-order valence-electron chi connectivity index (χ1n) is 5.53. The molecule has 0 saturated carbocycles. The van der Waals surface area contributed by atoms with Crippen LogP contribution >= 0.6 is 0 Å². The summed E-state index contributed by atoms with van der Waals surface area (Å²) in [6, 6.07) is 5.38. The molecule has 0 aliphatic carbocycles. The number of benzene rings is 1. The zero-order valence-electron chi connectivity index (χ0n) is 10.1. The summed E-state index contributed by atoms with van der Waals surface area (Å²) < 4.78 is 11.0. The van der Waals surface area contributed by atoms with Gasteiger partial charge in [-0.25, -0.2) is 0 Å². The molecule has 1 rings (SSSR count). The van der Waals surface area contributed by atoms with Crippen molar-refractivity contribution >= 4 is 0 Å². The van der Waals surface area contributed by atoms with Crippen LogP contribution in [0.3, 0.4) is 0 Å². The lowest BCUT2D eigenvalue weighted by molar-refractivity contribution is 0.267. The maximum atomic E-state index is 9.00. The topological polar surface area (TPSA) is 38.7 Å². The fourth-order valence-electron chi connectivity index (χ4n) is 1.26. The Hall–Kier alpha value is -1.22. The van der Waals surface area contributed by atoms with Crippen molar-refractivity contribution in [2.24, 2.45) is 5.92 Å². The highest BCUT2D eigenvalue weighted by molar-refractivity contribution is 5.40. The molecule has 0 spiro atoms. The van der Waals surface area contributed by atoms with E-state index in [1.54, 1.807) is 12.1 Å². The van der Waals surface area contributed by atoms with Crippen molar-refractivity contribution in [2.45, 2.75) is 20.8 Å². The highest BCUT2D eigenvalue weighted by atomic mass is 16.5. The summed E-state index contributed by atoms with van der Waals surface area (Å²) in [6.45, 7) is 8.39. The summed E-state index contributed by atoms with van der Waals surface area (Å²) in [5.41, 5.74) is 0.685. The van der Waals surface area contributed by atoms with Crippen LogP contribution in [0.1, 0.15) is 26.3 Å². The van der Waals surface area contributed by atoms with Gasteiger partial charge in [0.05, 0.1) is 13.2 Å². The second-order valence-electron chi connectivity index (χ2n) is 4.00. The number of ether oxygens (including phenoxy) is 2. The van der Waals surface area contributed by atoms with Crippen LogP contribution in [0.5, 0.6) is 11.5 Å². The van der Waals surface area contributed by atoms with E-state index in [4.69, 9.17) is 14.6 Å². The molecule has 0 aromatic heterocycles. The Kier molecular flexibility index (Phi) is 5.12. The van der Waals surface area contributed by atoms with Gasteiger partial charge in [-0.3, -0.25) is 0 Å². The fourth-order valence-corrected chi connectivity index (χ4v) is 1.26. The van der Waals surface area contributed by atoms with Crippen LogP contribution in [0.15, 0.2) is 18.2 Å². The molecule has 16 heavy (non-hydrogen) atoms. The van der Waals surface area contributed by atoms with Gasteiger partial charge in [-0.15, -0.1) is 0 Å². The lowest BCUT2D eigenvalue weighted by Gasteiger charge is -2.12. The van der Waals surface area contributed by atoms with Crippen LogP contribution < -0.4 is 9.47 Å². The van der Waals surface area contributed by atoms with E-state index in [0.29, 0.717) is 30.4 Å². The largest absolute Gasteiger partial charge is 0.494 e. The lowest BCUT2D eigenvalue weighted by Crippen LogP contribution is -2.05. The van der Waals surface area contributed by atoms with Gasteiger partial charge in [0.15, 0.2) is 0 Å². The minimum Gasteiger partial charge on any atom is -0.494 e. The van der Waals surface area contributed by atoms with Crippen LogP contribution in [0.25, 0.3) is 0 Å². The molecule has 0 fully saturated rings. The standard InChI is InChI=1S/C13H19O3/c1-4-15-12-5-11(8-14)6-13(7-12)16-9-10(2)3/h5-8,10,14H,4,9H2,1-3H3. The first-order chi connectivity index (χ1) is 7.65. The Morgan fingerprint density at radius 1 is 1.19 bits per heavy atom. The van der Waals surface area contributed by atoms with Crippen LogP contribution in [-0.2, 0) is 0 Å². The molecule has 0 bridgehead atoms. The van der Waals surface area contributed by atoms with E-state index in [1.807, 2.05) is 13.0 Å². The van der Waals surface area contributed by atoms with Crippen molar-refractivity contribution in [1.29, 1.82) is 0 Å². The molecule has 1 aromatic carbocycles. The van der Waals surface area contributed by atoms with Crippen LogP contribution in [0, 0.1) is 12.5 Å². The lowest BCUT2D eigenvalue weighted by atomic mass is 10.2. The molecule has 0 unspecified atom stereocenters. The first-order valence-corrected chi connectivity index (χ1v) is 5.53. The third-order valence-corrected chi connectivity index (χ3v) is 1.95. The second kappa shape index (κ2) is 6.38. The third kappa shape index (κ3) is 4.11. The van der Waals surface area contributed by atoms with Gasteiger partial charge in [0.2, 0.25) is 0 Å². The molecule has 0 aliphatic rings. The first kappa shape index (κ1) is 12.8. The second-order valence-corrected chi connectivity index (χ2v) is 4.00. The van der Waals surface area contributed by atoms with Gasteiger partial charge in [-0.2, -0.15) is 0 Å². The Morgan fingerprint density at radius 2 is 1.81 bits per heavy atom. The minimum atomic E-state index is 0.470. The maximum absolute atomic E-state index is 9.00. The zero-order valence-corrected chi connectivity index (χ0v) is 10.1. The number of aliphatic hydroxyl groups excluding tert-OH is 1. The maximum Gasteiger partial charge on any atom is 0.123 e. The number of rotatable bonds is 6. The molecular formula is C13H19O3. The monoisotopic (exact) mass is 223 g/mol. The smallest absolute Gasteiger partial charge is 0.123 e. The van der Waals surface area contributed by atoms with Crippen molar-refractivity contribution in [3.63, 3.8) is 0 Å². The summed E-state index contributed by atoms with van der Waals surface area (Å²) in [7, 11) is 0. The number of hydrogen-bond donors (Lipinski definition) is 1. The quantitative estimate of drug-likeness (QED) is 0.805. The van der Waals surface area contributed by atoms with E-state index < -0.39 is 0 Å². The molecule has 3 nitrogen and oxygen atoms in total. The minimum absolute atomic E-state index is 0.470. The van der Waals surface area contributed by atoms with E-state index in [2.05, 4.69) is 13.8 Å². The van der Waals surface area contributed by atoms with Crippen molar-refractivity contribution in [1.82, 2.24) is 0 Å². The molecule has 0 aliphatic heterocycles. The average molecular weight is 223 g/mol. The fraction of sp³-hybridized carbons (Fsp3) is 0.462. The van der Waals surface area contributed by atoms with Crippen LogP contribution in [-0.4, -0.2) is 18.3 Å². The van der Waals surface area contributed by atoms with E-state index in [9.17, 15) is 0 Å². The van der Waals surface area contributed by atoms with Gasteiger partial charge >= 0.3 is 0 Å². The summed E-state index contributed by atoms with van der Waals surface area (Å²) in [6.07, 6.45) is 0. The number of hydrogen-bond acceptors (Lipinski definition) is 3. The molecular weight excluding hydrogens is 204 g/mol. The molecule has 3 heteroatoms. The van der Waals surface area contributed by atoms with Crippen molar-refractivity contribution in [2.75, 3.05) is 13.2 Å². The van der Waals surface area contributed by atoms with Gasteiger partial charge in [-0.05, 0) is 30.5 Å². The Bertz CT molecular complexity index is 321. The highest BCUT2D eigenvalue weighted by Crippen LogP contribution is 2.24. The average Bonchev–Trinajstić information content (AvgIpc) is 2.26. The molecule has 0 amide bonds. The third-order valence-electron chi connectivity index (χ3n) is 1.95. The summed E-state index contributed by atoms with van der Waals surface area (Å²) in [4.78, 5) is 0. The van der Waals surface area contributed by atoms with Crippen molar-refractivity contribution < 1.29 is 14.6 Å². The summed E-state index contributed by atoms with van der Waals surface area (Å²) >= 11 is 0. The molecule has 0 saturated heterocycles. The van der Waals surface area contributed by atoms with Crippen LogP contribution in [0.4, 0.5) is 0 Å². The van der Waals surface area contributed by atoms with Crippen molar-refractivity contribution in [3.8, 4) is 11.5 Å². The van der Waals surface area contributed by atoms with Gasteiger partial charge in [0, 0.05) is 6.07 Å². The highest BCUT2D eigenvalue weighted by Gasteiger charge is 2.03. The summed E-state index contributed by atoms with van der Waals surface area (Å²) in [5, 5.41) is 9.00. The molecule has 1 N–H and O–H groups in total. The Labute approximate surface area is 97.0 Å². The van der Waals surface area contributed by atoms with Gasteiger partial charge in [-0.1, -0.05) is 13.8 Å². The van der Waals surface area contributed by atoms with Gasteiger partial charge in [0.1, 0.15) is 18.1 Å². The van der Waals surface area contributed by atoms with Crippen LogP contribution in [0.2, 0.25) is 0 Å². The molecule has 0 heterocycles. The molecule has 1 radical (unpaired) electrons.